The van der Waals surface area contributed by atoms with Crippen molar-refractivity contribution in [2.75, 3.05) is 13.1 Å². The molecule has 0 saturated carbocycles. The van der Waals surface area contributed by atoms with Crippen molar-refractivity contribution in [2.24, 2.45) is 0 Å². The highest BCUT2D eigenvalue weighted by atomic mass is 32.2. The molecule has 116 valence electrons. The summed E-state index contributed by atoms with van der Waals surface area (Å²) in [4.78, 5) is 14.1. The Bertz CT molecular complexity index is 653. The van der Waals surface area contributed by atoms with Crippen molar-refractivity contribution >= 4 is 17.7 Å². The van der Waals surface area contributed by atoms with Gasteiger partial charge in [-0.05, 0) is 44.0 Å². The van der Waals surface area contributed by atoms with E-state index in [0.717, 1.165) is 25.9 Å². The zero-order valence-corrected chi connectivity index (χ0v) is 13.0. The highest BCUT2D eigenvalue weighted by Gasteiger charge is 2.25. The highest BCUT2D eigenvalue weighted by molar-refractivity contribution is 8.00. The van der Waals surface area contributed by atoms with Crippen LogP contribution in [0.3, 0.4) is 0 Å². The van der Waals surface area contributed by atoms with Crippen LogP contribution in [0.2, 0.25) is 0 Å². The number of aromatic nitrogens is 2. The van der Waals surface area contributed by atoms with Crippen LogP contribution in [0, 0.1) is 5.82 Å². The van der Waals surface area contributed by atoms with E-state index in [1.165, 1.54) is 23.9 Å². The molecule has 22 heavy (non-hydrogen) atoms. The smallest absolute Gasteiger partial charge is 0.277 e. The fourth-order valence-corrected chi connectivity index (χ4v) is 3.13. The first-order chi connectivity index (χ1) is 10.6. The van der Waals surface area contributed by atoms with Crippen LogP contribution in [0.25, 0.3) is 11.5 Å². The van der Waals surface area contributed by atoms with Crippen molar-refractivity contribution in [1.29, 1.82) is 0 Å². The minimum absolute atomic E-state index is 0.101. The number of carbonyl (C=O) groups excluding carboxylic acids is 1. The normalized spacial score (nSPS) is 16.0. The number of hydrogen-bond acceptors (Lipinski definition) is 5. The molecule has 1 aromatic heterocycles. The second-order valence-corrected chi connectivity index (χ2v) is 6.46. The summed E-state index contributed by atoms with van der Waals surface area (Å²) in [6, 6.07) is 5.84. The summed E-state index contributed by atoms with van der Waals surface area (Å²) in [5.74, 6) is 0.107. The van der Waals surface area contributed by atoms with Crippen molar-refractivity contribution in [2.45, 2.75) is 30.2 Å². The lowest BCUT2D eigenvalue weighted by atomic mass is 10.2. The van der Waals surface area contributed by atoms with E-state index >= 15 is 0 Å². The van der Waals surface area contributed by atoms with Gasteiger partial charge in [-0.3, -0.25) is 4.79 Å². The fourth-order valence-electron chi connectivity index (χ4n) is 2.36. The first-order valence-corrected chi connectivity index (χ1v) is 8.06. The monoisotopic (exact) mass is 321 g/mol. The maximum Gasteiger partial charge on any atom is 0.277 e. The van der Waals surface area contributed by atoms with E-state index in [0.29, 0.717) is 16.7 Å². The zero-order valence-electron chi connectivity index (χ0n) is 12.2. The molecule has 3 rings (SSSR count). The summed E-state index contributed by atoms with van der Waals surface area (Å²) < 4.78 is 18.4. The van der Waals surface area contributed by atoms with E-state index in [4.69, 9.17) is 4.42 Å². The second-order valence-electron chi connectivity index (χ2n) is 5.17. The summed E-state index contributed by atoms with van der Waals surface area (Å²) in [6.07, 6.45) is 2.14. The van der Waals surface area contributed by atoms with Crippen LogP contribution >= 0.6 is 11.8 Å². The van der Waals surface area contributed by atoms with Crippen molar-refractivity contribution < 1.29 is 13.6 Å². The van der Waals surface area contributed by atoms with Crippen LogP contribution in [0.1, 0.15) is 19.8 Å². The Labute approximate surface area is 131 Å². The summed E-state index contributed by atoms with van der Waals surface area (Å²) >= 11 is 1.25. The zero-order chi connectivity index (χ0) is 15.5. The van der Waals surface area contributed by atoms with Gasteiger partial charge >= 0.3 is 0 Å². The molecule has 1 amide bonds. The van der Waals surface area contributed by atoms with Gasteiger partial charge in [-0.25, -0.2) is 4.39 Å². The number of halogens is 1. The van der Waals surface area contributed by atoms with E-state index in [2.05, 4.69) is 10.2 Å². The van der Waals surface area contributed by atoms with Gasteiger partial charge in [-0.1, -0.05) is 11.8 Å². The summed E-state index contributed by atoms with van der Waals surface area (Å²) in [5.41, 5.74) is 0.652. The second kappa shape index (κ2) is 6.48. The molecule has 0 N–H and O–H groups in total. The van der Waals surface area contributed by atoms with Crippen molar-refractivity contribution in [3.8, 4) is 11.5 Å². The van der Waals surface area contributed by atoms with E-state index in [1.54, 1.807) is 12.1 Å². The first kappa shape index (κ1) is 15.0. The number of nitrogens with zero attached hydrogens (tertiary/aromatic N) is 3. The number of likely N-dealkylation sites (tertiary alicyclic amines) is 1. The summed E-state index contributed by atoms with van der Waals surface area (Å²) in [5, 5.41) is 7.97. The molecule has 2 aromatic rings. The van der Waals surface area contributed by atoms with Crippen LogP contribution in [0.4, 0.5) is 4.39 Å². The molecule has 0 spiro atoms. The maximum atomic E-state index is 12.9. The third kappa shape index (κ3) is 3.30. The molecule has 1 saturated heterocycles. The van der Waals surface area contributed by atoms with Gasteiger partial charge in [0.15, 0.2) is 0 Å². The van der Waals surface area contributed by atoms with Crippen molar-refractivity contribution in [3.63, 3.8) is 0 Å². The fraction of sp³-hybridized carbons (Fsp3) is 0.400. The van der Waals surface area contributed by atoms with Crippen molar-refractivity contribution in [1.82, 2.24) is 15.1 Å². The van der Waals surface area contributed by atoms with Crippen LogP contribution in [0.15, 0.2) is 33.9 Å². The Morgan fingerprint density at radius 2 is 1.95 bits per heavy atom. The van der Waals surface area contributed by atoms with E-state index in [9.17, 15) is 9.18 Å². The molecular weight excluding hydrogens is 305 g/mol. The molecule has 0 radical (unpaired) electrons. The van der Waals surface area contributed by atoms with Crippen LogP contribution in [0.5, 0.6) is 0 Å². The average molecular weight is 321 g/mol. The molecule has 1 unspecified atom stereocenters. The number of thioether (sulfide) groups is 1. The number of benzene rings is 1. The van der Waals surface area contributed by atoms with Gasteiger partial charge in [0.1, 0.15) is 5.82 Å². The number of hydrogen-bond donors (Lipinski definition) is 0. The van der Waals surface area contributed by atoms with Gasteiger partial charge in [0.2, 0.25) is 11.8 Å². The lowest BCUT2D eigenvalue weighted by Crippen LogP contribution is -2.34. The van der Waals surface area contributed by atoms with Gasteiger partial charge in [0.05, 0.1) is 5.25 Å². The molecular formula is C15H16FN3O2S. The van der Waals surface area contributed by atoms with Gasteiger partial charge in [-0.15, -0.1) is 10.2 Å². The van der Waals surface area contributed by atoms with E-state index in [-0.39, 0.29) is 17.0 Å². The third-order valence-corrected chi connectivity index (χ3v) is 4.46. The minimum Gasteiger partial charge on any atom is -0.411 e. The third-order valence-electron chi connectivity index (χ3n) is 3.54. The lowest BCUT2D eigenvalue weighted by molar-refractivity contribution is -0.129. The largest absolute Gasteiger partial charge is 0.411 e. The predicted molar refractivity (Wildman–Crippen MR) is 80.8 cm³/mol. The molecule has 1 aromatic carbocycles. The Morgan fingerprint density at radius 3 is 2.64 bits per heavy atom. The molecule has 2 heterocycles. The van der Waals surface area contributed by atoms with Crippen molar-refractivity contribution in [3.05, 3.63) is 30.1 Å². The molecule has 1 aliphatic heterocycles. The van der Waals surface area contributed by atoms with E-state index in [1.807, 2.05) is 11.8 Å². The molecule has 5 nitrogen and oxygen atoms in total. The van der Waals surface area contributed by atoms with Gasteiger partial charge in [0.25, 0.3) is 5.22 Å². The van der Waals surface area contributed by atoms with Gasteiger partial charge in [-0.2, -0.15) is 0 Å². The molecule has 1 fully saturated rings. The number of amides is 1. The maximum absolute atomic E-state index is 12.9. The summed E-state index contributed by atoms with van der Waals surface area (Å²) in [6.45, 7) is 3.50. The lowest BCUT2D eigenvalue weighted by Gasteiger charge is -2.18. The van der Waals surface area contributed by atoms with Crippen LogP contribution in [-0.4, -0.2) is 39.3 Å². The summed E-state index contributed by atoms with van der Waals surface area (Å²) in [7, 11) is 0. The Morgan fingerprint density at radius 1 is 1.27 bits per heavy atom. The molecule has 7 heteroatoms. The number of carbonyl (C=O) groups is 1. The standard InChI is InChI=1S/C15H16FN3O2S/c1-10(14(20)19-8-2-3-9-19)22-15-18-17-13(21-15)11-4-6-12(16)7-5-11/h4-7,10H,2-3,8-9H2,1H3. The molecule has 0 bridgehead atoms. The number of rotatable bonds is 4. The molecule has 0 aliphatic carbocycles. The molecule has 1 aliphatic rings. The first-order valence-electron chi connectivity index (χ1n) is 7.18. The van der Waals surface area contributed by atoms with Crippen LogP contribution in [-0.2, 0) is 4.79 Å². The Kier molecular flexibility index (Phi) is 4.42. The van der Waals surface area contributed by atoms with E-state index < -0.39 is 0 Å². The average Bonchev–Trinajstić information content (AvgIpc) is 3.18. The quantitative estimate of drug-likeness (QED) is 0.810. The topological polar surface area (TPSA) is 59.2 Å². The van der Waals surface area contributed by atoms with Crippen LogP contribution < -0.4 is 0 Å². The SMILES string of the molecule is CC(Sc1nnc(-c2ccc(F)cc2)o1)C(=O)N1CCCC1. The Hall–Kier alpha value is -1.89. The van der Waals surface area contributed by atoms with Gasteiger partial charge in [0, 0.05) is 18.7 Å². The molecule has 1 atom stereocenters. The van der Waals surface area contributed by atoms with Gasteiger partial charge < -0.3 is 9.32 Å². The minimum atomic E-state index is -0.317. The highest BCUT2D eigenvalue weighted by Crippen LogP contribution is 2.27. The Balaban J connectivity index is 1.66. The predicted octanol–water partition coefficient (Wildman–Crippen LogP) is 2.98.